The fourth-order valence-corrected chi connectivity index (χ4v) is 1.72. The van der Waals surface area contributed by atoms with Crippen molar-refractivity contribution in [2.75, 3.05) is 0 Å². The molecule has 0 aliphatic heterocycles. The van der Waals surface area contributed by atoms with Crippen LogP contribution < -0.4 is 5.14 Å². The summed E-state index contributed by atoms with van der Waals surface area (Å²) in [5.74, 6) is 0. The van der Waals surface area contributed by atoms with Gasteiger partial charge in [-0.3, -0.25) is 0 Å². The van der Waals surface area contributed by atoms with Crippen molar-refractivity contribution in [3.63, 3.8) is 0 Å². The fraction of sp³-hybridized carbons (Fsp3) is 0. The first kappa shape index (κ1) is 7.58. The van der Waals surface area contributed by atoms with Crippen LogP contribution in [0.3, 0.4) is 0 Å². The number of aromatic nitrogens is 1. The quantitative estimate of drug-likeness (QED) is 0.660. The van der Waals surface area contributed by atoms with Gasteiger partial charge < -0.3 is 0 Å². The van der Waals surface area contributed by atoms with Crippen LogP contribution in [0, 0.1) is 5.26 Å². The van der Waals surface area contributed by atoms with Crippen LogP contribution in [0.4, 0.5) is 4.39 Å². The molecule has 56 valence electrons. The average molecular weight is 182 g/mol. The lowest BCUT2D eigenvalue weighted by molar-refractivity contribution is 0.580. The van der Waals surface area contributed by atoms with E-state index < -0.39 is 20.3 Å². The summed E-state index contributed by atoms with van der Waals surface area (Å²) in [5.41, 5.74) is 0. The number of hydrogen-bond donors (Lipinski definition) is 1. The molecule has 0 aromatic carbocycles. The summed E-state index contributed by atoms with van der Waals surface area (Å²) in [6.07, 6.45) is 0. The Kier molecular flexibility index (Phi) is 1.71. The minimum absolute atomic E-state index is 0.421. The molecular formula is C3H3FN2O2S2. The summed E-state index contributed by atoms with van der Waals surface area (Å²) in [6.45, 7) is 0. The molecule has 0 radical (unpaired) electrons. The lowest BCUT2D eigenvalue weighted by Crippen LogP contribution is -2.12. The summed E-state index contributed by atoms with van der Waals surface area (Å²) in [7, 11) is -3.82. The number of halogens is 1. The standard InChI is InChI=1S/C3H3FN2O2S2/c4-3-6-2(1-9-3)10(5,7)8/h1H,(H2,5,7,8). The zero-order valence-corrected chi connectivity index (χ0v) is 6.25. The molecule has 1 aromatic rings. The number of nitrogens with two attached hydrogens (primary N) is 1. The van der Waals surface area contributed by atoms with Gasteiger partial charge in [0.05, 0.1) is 0 Å². The van der Waals surface area contributed by atoms with Crippen LogP contribution in [-0.4, -0.2) is 13.4 Å². The van der Waals surface area contributed by atoms with Gasteiger partial charge in [-0.05, 0) is 0 Å². The summed E-state index contributed by atoms with van der Waals surface area (Å²) in [5, 5.41) is 4.44. The average Bonchev–Trinajstić information content (AvgIpc) is 2.11. The monoisotopic (exact) mass is 182 g/mol. The molecule has 0 aliphatic rings. The van der Waals surface area contributed by atoms with Gasteiger partial charge in [-0.15, -0.1) is 0 Å². The largest absolute Gasteiger partial charge is 0.270 e. The molecule has 0 aliphatic carbocycles. The number of thiazole rings is 1. The van der Waals surface area contributed by atoms with Crippen molar-refractivity contribution < 1.29 is 12.8 Å². The van der Waals surface area contributed by atoms with E-state index in [-0.39, 0.29) is 0 Å². The predicted molar refractivity (Wildman–Crippen MR) is 33.4 cm³/mol. The van der Waals surface area contributed by atoms with Gasteiger partial charge in [-0.2, -0.15) is 9.37 Å². The topological polar surface area (TPSA) is 73.1 Å². The highest BCUT2D eigenvalue weighted by Gasteiger charge is 2.11. The van der Waals surface area contributed by atoms with Crippen molar-refractivity contribution in [3.05, 3.63) is 10.6 Å². The number of rotatable bonds is 1. The minimum atomic E-state index is -3.82. The Bertz CT molecular complexity index is 330. The summed E-state index contributed by atoms with van der Waals surface area (Å²) < 4.78 is 32.8. The second-order valence-electron chi connectivity index (χ2n) is 1.48. The Morgan fingerprint density at radius 3 is 2.50 bits per heavy atom. The lowest BCUT2D eigenvalue weighted by atomic mass is 11.0. The Balaban J connectivity index is 3.21. The van der Waals surface area contributed by atoms with E-state index in [1.165, 1.54) is 0 Å². The van der Waals surface area contributed by atoms with Crippen molar-refractivity contribution in [2.24, 2.45) is 5.14 Å². The first-order valence-corrected chi connectivity index (χ1v) is 4.56. The normalized spacial score (nSPS) is 11.8. The van der Waals surface area contributed by atoms with E-state index in [1.54, 1.807) is 0 Å². The molecule has 4 nitrogen and oxygen atoms in total. The van der Waals surface area contributed by atoms with E-state index >= 15 is 0 Å². The number of hydrogen-bond acceptors (Lipinski definition) is 4. The van der Waals surface area contributed by atoms with Crippen molar-refractivity contribution >= 4 is 21.4 Å². The Morgan fingerprint density at radius 1 is 1.70 bits per heavy atom. The number of primary sulfonamides is 1. The Morgan fingerprint density at radius 2 is 2.30 bits per heavy atom. The van der Waals surface area contributed by atoms with Crippen molar-refractivity contribution in [1.82, 2.24) is 4.98 Å². The lowest BCUT2D eigenvalue weighted by Gasteiger charge is -1.85. The van der Waals surface area contributed by atoms with Gasteiger partial charge in [0.2, 0.25) is 0 Å². The third-order valence-electron chi connectivity index (χ3n) is 0.747. The zero-order chi connectivity index (χ0) is 7.78. The van der Waals surface area contributed by atoms with Gasteiger partial charge in [0, 0.05) is 5.38 Å². The first-order chi connectivity index (χ1) is 4.50. The molecule has 0 amide bonds. The number of sulfonamides is 1. The molecule has 2 N–H and O–H groups in total. The Labute approximate surface area is 60.6 Å². The van der Waals surface area contributed by atoms with Gasteiger partial charge in [0.15, 0.2) is 5.03 Å². The zero-order valence-electron chi connectivity index (χ0n) is 4.61. The minimum Gasteiger partial charge on any atom is -0.223 e. The smallest absolute Gasteiger partial charge is 0.223 e. The highest BCUT2D eigenvalue weighted by Crippen LogP contribution is 2.10. The predicted octanol–water partition coefficient (Wildman–Crippen LogP) is -0.0704. The maximum absolute atomic E-state index is 12.0. The van der Waals surface area contributed by atoms with Gasteiger partial charge in [0.1, 0.15) is 0 Å². The van der Waals surface area contributed by atoms with E-state index in [1.807, 2.05) is 0 Å². The Hall–Kier alpha value is -0.530. The van der Waals surface area contributed by atoms with Crippen LogP contribution in [-0.2, 0) is 10.0 Å². The molecule has 0 saturated carbocycles. The van der Waals surface area contributed by atoms with E-state index in [2.05, 4.69) is 10.1 Å². The first-order valence-electron chi connectivity index (χ1n) is 2.14. The highest BCUT2D eigenvalue weighted by molar-refractivity contribution is 7.89. The molecule has 1 aromatic heterocycles. The molecule has 7 heteroatoms. The highest BCUT2D eigenvalue weighted by atomic mass is 32.2. The van der Waals surface area contributed by atoms with Crippen LogP contribution in [0.5, 0.6) is 0 Å². The summed E-state index contributed by atoms with van der Waals surface area (Å²) in [6, 6.07) is 0. The molecule has 0 atom stereocenters. The van der Waals surface area contributed by atoms with Gasteiger partial charge >= 0.3 is 0 Å². The van der Waals surface area contributed by atoms with Crippen molar-refractivity contribution in [1.29, 1.82) is 0 Å². The SMILES string of the molecule is NS(=O)(=O)c1csc(F)n1. The van der Waals surface area contributed by atoms with Gasteiger partial charge in [-0.1, -0.05) is 11.3 Å². The van der Waals surface area contributed by atoms with Crippen LogP contribution in [0.25, 0.3) is 0 Å². The van der Waals surface area contributed by atoms with E-state index in [0.29, 0.717) is 11.3 Å². The fourth-order valence-electron chi connectivity index (χ4n) is 0.369. The van der Waals surface area contributed by atoms with Gasteiger partial charge in [0.25, 0.3) is 15.3 Å². The molecule has 0 unspecified atom stereocenters. The van der Waals surface area contributed by atoms with E-state index in [9.17, 15) is 12.8 Å². The van der Waals surface area contributed by atoms with Gasteiger partial charge in [-0.25, -0.2) is 13.6 Å². The molecule has 0 spiro atoms. The number of nitrogens with zero attached hydrogens (tertiary/aromatic N) is 1. The molecular weight excluding hydrogens is 179 g/mol. The van der Waals surface area contributed by atoms with Crippen LogP contribution >= 0.6 is 11.3 Å². The molecule has 1 heterocycles. The maximum Gasteiger partial charge on any atom is 0.270 e. The van der Waals surface area contributed by atoms with E-state index in [4.69, 9.17) is 0 Å². The van der Waals surface area contributed by atoms with Crippen LogP contribution in [0.1, 0.15) is 0 Å². The van der Waals surface area contributed by atoms with Crippen molar-refractivity contribution in [2.45, 2.75) is 5.03 Å². The molecule has 10 heavy (non-hydrogen) atoms. The van der Waals surface area contributed by atoms with E-state index in [0.717, 1.165) is 5.38 Å². The molecule has 0 fully saturated rings. The molecule has 0 bridgehead atoms. The van der Waals surface area contributed by atoms with Crippen molar-refractivity contribution in [3.8, 4) is 0 Å². The molecule has 1 rings (SSSR count). The third kappa shape index (κ3) is 1.49. The van der Waals surface area contributed by atoms with Crippen LogP contribution in [0.2, 0.25) is 0 Å². The molecule has 0 saturated heterocycles. The summed E-state index contributed by atoms with van der Waals surface area (Å²) >= 11 is 0.594. The third-order valence-corrected chi connectivity index (χ3v) is 2.31. The second kappa shape index (κ2) is 2.26. The second-order valence-corrected chi connectivity index (χ2v) is 3.80. The van der Waals surface area contributed by atoms with Crippen LogP contribution in [0.15, 0.2) is 10.4 Å². The maximum atomic E-state index is 12.0. The summed E-state index contributed by atoms with van der Waals surface area (Å²) in [4.78, 5) is 3.02.